The maximum absolute atomic E-state index is 13.1. The van der Waals surface area contributed by atoms with Gasteiger partial charge in [-0.1, -0.05) is 32.9 Å². The fourth-order valence-corrected chi connectivity index (χ4v) is 4.86. The van der Waals surface area contributed by atoms with Crippen molar-refractivity contribution in [3.05, 3.63) is 65.2 Å². The van der Waals surface area contributed by atoms with Crippen LogP contribution in [0.15, 0.2) is 48.5 Å². The van der Waals surface area contributed by atoms with Crippen molar-refractivity contribution in [3.8, 4) is 5.75 Å². The van der Waals surface area contributed by atoms with Gasteiger partial charge in [0.1, 0.15) is 5.75 Å². The Balaban J connectivity index is 1.71. The fourth-order valence-electron chi connectivity index (χ4n) is 4.86. The molecule has 0 atom stereocenters. The van der Waals surface area contributed by atoms with Crippen LogP contribution in [0, 0.1) is 11.3 Å². The molecule has 40 heavy (non-hydrogen) atoms. The standard InChI is InChI=1S/C29H36F3N3O5/c1-28(2,3)22-10-12-23(13-11-22)35(34-27(39)21-8-14-24(15-9-21)40-29(30,31)32)18-19-4-6-20(7-5-19)26(38)33-17-16-25(36)37/h4-9,14-15,22-23H,10-13,16-18H2,1-3H3,(H,33,38)(H,34,39)(H,36,37)/t22-,23-. The number of nitrogens with zero attached hydrogens (tertiary/aromatic N) is 1. The van der Waals surface area contributed by atoms with Crippen molar-refractivity contribution in [1.82, 2.24) is 15.8 Å². The van der Waals surface area contributed by atoms with Crippen LogP contribution in [0.1, 0.15) is 79.2 Å². The van der Waals surface area contributed by atoms with E-state index in [9.17, 15) is 27.6 Å². The summed E-state index contributed by atoms with van der Waals surface area (Å²) in [6.45, 7) is 7.05. The molecule has 2 aromatic carbocycles. The summed E-state index contributed by atoms with van der Waals surface area (Å²) in [5.41, 5.74) is 4.54. The normalized spacial score (nSPS) is 17.8. The Kier molecular flexibility index (Phi) is 10.2. The van der Waals surface area contributed by atoms with Crippen LogP contribution in [0.5, 0.6) is 5.75 Å². The molecule has 218 valence electrons. The molecule has 0 spiro atoms. The number of carboxylic acid groups (broad SMARTS) is 1. The Hall–Kier alpha value is -3.60. The third-order valence-corrected chi connectivity index (χ3v) is 7.15. The van der Waals surface area contributed by atoms with Crippen LogP contribution >= 0.6 is 0 Å². The van der Waals surface area contributed by atoms with Crippen molar-refractivity contribution >= 4 is 17.8 Å². The lowest BCUT2D eigenvalue weighted by Gasteiger charge is -2.41. The van der Waals surface area contributed by atoms with Crippen molar-refractivity contribution in [2.24, 2.45) is 11.3 Å². The molecule has 0 aliphatic heterocycles. The summed E-state index contributed by atoms with van der Waals surface area (Å²) in [6, 6.07) is 11.6. The smallest absolute Gasteiger partial charge is 0.481 e. The number of nitrogens with one attached hydrogen (secondary N) is 2. The Bertz CT molecular complexity index is 1150. The van der Waals surface area contributed by atoms with Gasteiger partial charge in [-0.3, -0.25) is 19.8 Å². The number of benzene rings is 2. The molecule has 0 radical (unpaired) electrons. The van der Waals surface area contributed by atoms with Gasteiger partial charge in [0, 0.05) is 30.3 Å². The van der Waals surface area contributed by atoms with Gasteiger partial charge in [-0.15, -0.1) is 13.2 Å². The molecular formula is C29H36F3N3O5. The third kappa shape index (κ3) is 9.55. The van der Waals surface area contributed by atoms with Gasteiger partial charge in [0.05, 0.1) is 6.42 Å². The van der Waals surface area contributed by atoms with Crippen LogP contribution in [0.2, 0.25) is 0 Å². The zero-order valence-corrected chi connectivity index (χ0v) is 22.9. The van der Waals surface area contributed by atoms with Crippen molar-refractivity contribution in [1.29, 1.82) is 0 Å². The molecule has 0 aromatic heterocycles. The summed E-state index contributed by atoms with van der Waals surface area (Å²) in [7, 11) is 0. The number of carboxylic acids is 1. The maximum atomic E-state index is 13.1. The Morgan fingerprint density at radius 3 is 1.98 bits per heavy atom. The van der Waals surface area contributed by atoms with E-state index in [2.05, 4.69) is 36.3 Å². The number of amides is 2. The maximum Gasteiger partial charge on any atom is 0.573 e. The minimum Gasteiger partial charge on any atom is -0.481 e. The highest BCUT2D eigenvalue weighted by Gasteiger charge is 2.33. The molecule has 3 N–H and O–H groups in total. The van der Waals surface area contributed by atoms with Crippen molar-refractivity contribution in [2.45, 2.75) is 71.8 Å². The zero-order valence-electron chi connectivity index (χ0n) is 22.9. The molecule has 0 saturated heterocycles. The molecule has 1 saturated carbocycles. The lowest BCUT2D eigenvalue weighted by molar-refractivity contribution is -0.274. The highest BCUT2D eigenvalue weighted by atomic mass is 19.4. The topological polar surface area (TPSA) is 108 Å². The van der Waals surface area contributed by atoms with Gasteiger partial charge in [0.2, 0.25) is 0 Å². The summed E-state index contributed by atoms with van der Waals surface area (Å²) in [5.74, 6) is -1.68. The number of hydrogen-bond donors (Lipinski definition) is 3. The van der Waals surface area contributed by atoms with Crippen LogP contribution in [-0.2, 0) is 11.3 Å². The first-order valence-electron chi connectivity index (χ1n) is 13.2. The summed E-state index contributed by atoms with van der Waals surface area (Å²) in [4.78, 5) is 36.0. The molecule has 3 rings (SSSR count). The number of aliphatic carboxylic acids is 1. The van der Waals surface area contributed by atoms with Crippen LogP contribution in [0.25, 0.3) is 0 Å². The molecule has 0 unspecified atom stereocenters. The number of carbonyl (C=O) groups is 3. The van der Waals surface area contributed by atoms with Gasteiger partial charge < -0.3 is 15.2 Å². The summed E-state index contributed by atoms with van der Waals surface area (Å²) >= 11 is 0. The first-order chi connectivity index (χ1) is 18.7. The predicted molar refractivity (Wildman–Crippen MR) is 142 cm³/mol. The molecule has 2 aromatic rings. The van der Waals surface area contributed by atoms with Crippen molar-refractivity contribution < 1.29 is 37.4 Å². The van der Waals surface area contributed by atoms with E-state index in [1.165, 1.54) is 12.1 Å². The first-order valence-corrected chi connectivity index (χ1v) is 13.2. The first kappa shape index (κ1) is 30.9. The van der Waals surface area contributed by atoms with E-state index >= 15 is 0 Å². The van der Waals surface area contributed by atoms with Crippen LogP contribution < -0.4 is 15.5 Å². The van der Waals surface area contributed by atoms with Crippen molar-refractivity contribution in [2.75, 3.05) is 6.54 Å². The molecule has 0 bridgehead atoms. The third-order valence-electron chi connectivity index (χ3n) is 7.15. The molecule has 11 heteroatoms. The van der Waals surface area contributed by atoms with E-state index in [1.807, 2.05) is 5.01 Å². The predicted octanol–water partition coefficient (Wildman–Crippen LogP) is 5.54. The molecular weight excluding hydrogens is 527 g/mol. The van der Waals surface area contributed by atoms with E-state index in [-0.39, 0.29) is 35.9 Å². The minimum atomic E-state index is -4.82. The van der Waals surface area contributed by atoms with Gasteiger partial charge in [-0.25, -0.2) is 5.01 Å². The second-order valence-electron chi connectivity index (χ2n) is 11.1. The molecule has 0 heterocycles. The Morgan fingerprint density at radius 2 is 1.45 bits per heavy atom. The average Bonchev–Trinajstić information content (AvgIpc) is 2.87. The summed E-state index contributed by atoms with van der Waals surface area (Å²) in [5, 5.41) is 13.2. The van der Waals surface area contributed by atoms with E-state index < -0.39 is 24.0 Å². The van der Waals surface area contributed by atoms with E-state index in [4.69, 9.17) is 5.11 Å². The van der Waals surface area contributed by atoms with Crippen molar-refractivity contribution in [3.63, 3.8) is 0 Å². The SMILES string of the molecule is CC(C)(C)[C@H]1CC[C@H](N(Cc2ccc(C(=O)NCCC(=O)O)cc2)NC(=O)c2ccc(OC(F)(F)F)cc2)CC1. The van der Waals surface area contributed by atoms with Gasteiger partial charge >= 0.3 is 12.3 Å². The second-order valence-corrected chi connectivity index (χ2v) is 11.1. The van der Waals surface area contributed by atoms with Gasteiger partial charge in [-0.05, 0) is 79.0 Å². The Morgan fingerprint density at radius 1 is 0.900 bits per heavy atom. The van der Waals surface area contributed by atoms with Gasteiger partial charge in [0.15, 0.2) is 0 Å². The number of halogens is 3. The van der Waals surface area contributed by atoms with E-state index in [0.717, 1.165) is 43.4 Å². The van der Waals surface area contributed by atoms with Crippen LogP contribution in [-0.4, -0.2) is 46.8 Å². The molecule has 1 aliphatic rings. The molecule has 2 amide bonds. The largest absolute Gasteiger partial charge is 0.573 e. The number of hydrazine groups is 1. The highest BCUT2D eigenvalue weighted by molar-refractivity contribution is 5.94. The van der Waals surface area contributed by atoms with Gasteiger partial charge in [-0.2, -0.15) is 0 Å². The van der Waals surface area contributed by atoms with Crippen LogP contribution in [0.3, 0.4) is 0 Å². The van der Waals surface area contributed by atoms with Crippen LogP contribution in [0.4, 0.5) is 13.2 Å². The number of ether oxygens (including phenoxy) is 1. The average molecular weight is 564 g/mol. The number of rotatable bonds is 10. The minimum absolute atomic E-state index is 0.0241. The lowest BCUT2D eigenvalue weighted by atomic mass is 9.71. The molecule has 1 aliphatic carbocycles. The highest BCUT2D eigenvalue weighted by Crippen LogP contribution is 2.39. The summed E-state index contributed by atoms with van der Waals surface area (Å²) in [6.07, 6.45) is -1.26. The fraction of sp³-hybridized carbons (Fsp3) is 0.483. The van der Waals surface area contributed by atoms with E-state index in [1.54, 1.807) is 24.3 Å². The second kappa shape index (κ2) is 13.2. The number of carbonyl (C=O) groups excluding carboxylic acids is 2. The zero-order chi connectivity index (χ0) is 29.5. The van der Waals surface area contributed by atoms with Gasteiger partial charge in [0.25, 0.3) is 11.8 Å². The number of alkyl halides is 3. The molecule has 1 fully saturated rings. The van der Waals surface area contributed by atoms with E-state index in [0.29, 0.717) is 18.0 Å². The summed E-state index contributed by atoms with van der Waals surface area (Å²) < 4.78 is 41.4. The number of hydrogen-bond acceptors (Lipinski definition) is 5. The molecule has 8 nitrogen and oxygen atoms in total. The lowest BCUT2D eigenvalue weighted by Crippen LogP contribution is -2.49. The quantitative estimate of drug-likeness (QED) is 0.328. The Labute approximate surface area is 231 Å². The monoisotopic (exact) mass is 563 g/mol.